The lowest BCUT2D eigenvalue weighted by atomic mass is 10.2. The van der Waals surface area contributed by atoms with Crippen molar-refractivity contribution in [2.75, 3.05) is 18.5 Å². The predicted octanol–water partition coefficient (Wildman–Crippen LogP) is 1.05. The van der Waals surface area contributed by atoms with Gasteiger partial charge in [-0.3, -0.25) is 4.90 Å². The molecule has 1 aromatic heterocycles. The summed E-state index contributed by atoms with van der Waals surface area (Å²) < 4.78 is 0. The molecule has 98 valence electrons. The third-order valence-electron chi connectivity index (χ3n) is 2.61. The maximum absolute atomic E-state index is 8.84. The summed E-state index contributed by atoms with van der Waals surface area (Å²) in [6.07, 6.45) is 0. The van der Waals surface area contributed by atoms with Crippen LogP contribution >= 0.6 is 0 Å². The number of nitrogen functional groups attached to an aromatic ring is 1. The van der Waals surface area contributed by atoms with E-state index in [0.29, 0.717) is 12.4 Å². The molecule has 6 heteroatoms. The summed E-state index contributed by atoms with van der Waals surface area (Å²) >= 11 is 0. The highest BCUT2D eigenvalue weighted by Gasteiger charge is 2.11. The molecule has 0 aliphatic rings. The van der Waals surface area contributed by atoms with Gasteiger partial charge in [-0.05, 0) is 20.4 Å². The molecule has 0 spiro atoms. The minimum Gasteiger partial charge on any atom is -0.308 e. The average molecular weight is 248 g/mol. The van der Waals surface area contributed by atoms with Crippen LogP contribution in [0.25, 0.3) is 0 Å². The van der Waals surface area contributed by atoms with Crippen molar-refractivity contribution in [3.8, 4) is 6.07 Å². The minimum atomic E-state index is 0.00173. The monoisotopic (exact) mass is 248 g/mol. The van der Waals surface area contributed by atoms with Crippen molar-refractivity contribution in [1.82, 2.24) is 14.9 Å². The van der Waals surface area contributed by atoms with Crippen molar-refractivity contribution in [2.45, 2.75) is 27.3 Å². The van der Waals surface area contributed by atoms with Crippen molar-refractivity contribution in [1.29, 1.82) is 5.26 Å². The maximum Gasteiger partial charge on any atom is 0.145 e. The fourth-order valence-electron chi connectivity index (χ4n) is 1.71. The van der Waals surface area contributed by atoms with Crippen LogP contribution in [0.4, 0.5) is 5.82 Å². The van der Waals surface area contributed by atoms with Crippen LogP contribution in [0.15, 0.2) is 6.07 Å². The van der Waals surface area contributed by atoms with Gasteiger partial charge in [0, 0.05) is 18.3 Å². The van der Waals surface area contributed by atoms with Gasteiger partial charge < -0.3 is 5.43 Å². The molecule has 1 heterocycles. The third-order valence-corrected chi connectivity index (χ3v) is 2.61. The largest absolute Gasteiger partial charge is 0.308 e. The van der Waals surface area contributed by atoms with Gasteiger partial charge in [-0.15, -0.1) is 0 Å². The van der Waals surface area contributed by atoms with Crippen LogP contribution in [0.2, 0.25) is 0 Å². The van der Waals surface area contributed by atoms with Crippen molar-refractivity contribution in [2.24, 2.45) is 11.8 Å². The second kappa shape index (κ2) is 6.89. The molecule has 1 rings (SSSR count). The molecule has 0 aliphatic heterocycles. The van der Waals surface area contributed by atoms with Gasteiger partial charge >= 0.3 is 0 Å². The molecule has 0 bridgehead atoms. The number of anilines is 1. The van der Waals surface area contributed by atoms with Crippen molar-refractivity contribution < 1.29 is 0 Å². The lowest BCUT2D eigenvalue weighted by Crippen LogP contribution is -2.28. The van der Waals surface area contributed by atoms with E-state index in [-0.39, 0.29) is 5.92 Å². The Kier molecular flexibility index (Phi) is 5.49. The van der Waals surface area contributed by atoms with Crippen LogP contribution in [0.3, 0.4) is 0 Å². The summed E-state index contributed by atoms with van der Waals surface area (Å²) in [5.74, 6) is 6.69. The number of hydrazine groups is 1. The molecule has 0 aromatic carbocycles. The summed E-state index contributed by atoms with van der Waals surface area (Å²) in [4.78, 5) is 10.8. The fraction of sp³-hybridized carbons (Fsp3) is 0.583. The number of hydrogen-bond donors (Lipinski definition) is 2. The van der Waals surface area contributed by atoms with E-state index < -0.39 is 0 Å². The highest BCUT2D eigenvalue weighted by Crippen LogP contribution is 2.08. The average Bonchev–Trinajstić information content (AvgIpc) is 2.36. The zero-order valence-electron chi connectivity index (χ0n) is 11.1. The lowest BCUT2D eigenvalue weighted by Gasteiger charge is -2.20. The number of nitriles is 1. The van der Waals surface area contributed by atoms with E-state index in [4.69, 9.17) is 11.1 Å². The molecule has 6 nitrogen and oxygen atoms in total. The highest BCUT2D eigenvalue weighted by atomic mass is 15.3. The summed E-state index contributed by atoms with van der Waals surface area (Å²) in [6, 6.07) is 4.02. The Bertz CT molecular complexity index is 425. The number of aromatic nitrogens is 2. The van der Waals surface area contributed by atoms with Crippen LogP contribution in [0.1, 0.15) is 25.4 Å². The molecule has 1 unspecified atom stereocenters. The topological polar surface area (TPSA) is 90.9 Å². The standard InChI is InChI=1S/C12H20N6/c1-4-18(7-9(2)6-13)8-12-15-10(3)5-11(16-12)17-14/h5,9H,4,7-8,14H2,1-3H3,(H,15,16,17). The Labute approximate surface area is 108 Å². The van der Waals surface area contributed by atoms with Crippen LogP contribution in [-0.2, 0) is 6.54 Å². The van der Waals surface area contributed by atoms with Gasteiger partial charge in [0.05, 0.1) is 18.5 Å². The van der Waals surface area contributed by atoms with E-state index in [0.717, 1.165) is 24.6 Å². The molecule has 0 saturated carbocycles. The summed E-state index contributed by atoms with van der Waals surface area (Å²) in [5, 5.41) is 8.84. The van der Waals surface area contributed by atoms with Crippen LogP contribution < -0.4 is 11.3 Å². The fourth-order valence-corrected chi connectivity index (χ4v) is 1.71. The van der Waals surface area contributed by atoms with Gasteiger partial charge in [-0.25, -0.2) is 15.8 Å². The molecule has 1 aromatic rings. The number of hydrogen-bond acceptors (Lipinski definition) is 6. The molecule has 1 atom stereocenters. The predicted molar refractivity (Wildman–Crippen MR) is 70.3 cm³/mol. The smallest absolute Gasteiger partial charge is 0.145 e. The number of rotatable bonds is 6. The van der Waals surface area contributed by atoms with E-state index in [1.807, 2.05) is 13.8 Å². The first kappa shape index (κ1) is 14.4. The SMILES string of the molecule is CCN(Cc1nc(C)cc(NN)n1)CC(C)C#N. The molecule has 3 N–H and O–H groups in total. The van der Waals surface area contributed by atoms with Gasteiger partial charge in [0.2, 0.25) is 0 Å². The Morgan fingerprint density at radius 1 is 1.56 bits per heavy atom. The first-order chi connectivity index (χ1) is 8.58. The first-order valence-corrected chi connectivity index (χ1v) is 6.02. The van der Waals surface area contributed by atoms with Crippen molar-refractivity contribution in [3.05, 3.63) is 17.6 Å². The van der Waals surface area contributed by atoms with Crippen LogP contribution in [0.5, 0.6) is 0 Å². The van der Waals surface area contributed by atoms with E-state index in [1.165, 1.54) is 0 Å². The Balaban J connectivity index is 2.75. The molecular formula is C12H20N6. The van der Waals surface area contributed by atoms with Gasteiger partial charge in [0.1, 0.15) is 11.6 Å². The van der Waals surface area contributed by atoms with Crippen LogP contribution in [-0.4, -0.2) is 28.0 Å². The van der Waals surface area contributed by atoms with E-state index in [2.05, 4.69) is 33.3 Å². The molecule has 0 radical (unpaired) electrons. The normalized spacial score (nSPS) is 12.2. The van der Waals surface area contributed by atoms with Crippen molar-refractivity contribution >= 4 is 5.82 Å². The number of aryl methyl sites for hydroxylation is 1. The number of nitrogens with one attached hydrogen (secondary N) is 1. The molecule has 0 fully saturated rings. The van der Waals surface area contributed by atoms with Gasteiger partial charge in [-0.1, -0.05) is 6.92 Å². The third kappa shape index (κ3) is 4.28. The Morgan fingerprint density at radius 3 is 2.83 bits per heavy atom. The molecule has 0 amide bonds. The highest BCUT2D eigenvalue weighted by molar-refractivity contribution is 5.33. The van der Waals surface area contributed by atoms with E-state index >= 15 is 0 Å². The van der Waals surface area contributed by atoms with Crippen molar-refractivity contribution in [3.63, 3.8) is 0 Å². The van der Waals surface area contributed by atoms with Gasteiger partial charge in [0.15, 0.2) is 0 Å². The Hall–Kier alpha value is -1.71. The van der Waals surface area contributed by atoms with E-state index in [1.54, 1.807) is 6.07 Å². The second-order valence-corrected chi connectivity index (χ2v) is 4.31. The van der Waals surface area contributed by atoms with Gasteiger partial charge in [0.25, 0.3) is 0 Å². The number of nitrogens with zero attached hydrogens (tertiary/aromatic N) is 4. The molecule has 18 heavy (non-hydrogen) atoms. The lowest BCUT2D eigenvalue weighted by molar-refractivity contribution is 0.254. The molecule has 0 saturated heterocycles. The van der Waals surface area contributed by atoms with E-state index in [9.17, 15) is 0 Å². The first-order valence-electron chi connectivity index (χ1n) is 6.02. The second-order valence-electron chi connectivity index (χ2n) is 4.31. The quantitative estimate of drug-likeness (QED) is 0.577. The van der Waals surface area contributed by atoms with Crippen LogP contribution in [0, 0.1) is 24.2 Å². The summed E-state index contributed by atoms with van der Waals surface area (Å²) in [6.45, 7) is 8.07. The molecular weight excluding hydrogens is 228 g/mol. The Morgan fingerprint density at radius 2 is 2.28 bits per heavy atom. The minimum absolute atomic E-state index is 0.00173. The maximum atomic E-state index is 8.84. The number of nitrogens with two attached hydrogens (primary N) is 1. The molecule has 0 aliphatic carbocycles. The zero-order valence-corrected chi connectivity index (χ0v) is 11.1. The van der Waals surface area contributed by atoms with Gasteiger partial charge in [-0.2, -0.15) is 5.26 Å². The summed E-state index contributed by atoms with van der Waals surface area (Å²) in [7, 11) is 0. The summed E-state index contributed by atoms with van der Waals surface area (Å²) in [5.41, 5.74) is 3.40. The zero-order chi connectivity index (χ0) is 13.5.